The van der Waals surface area contributed by atoms with Crippen molar-refractivity contribution in [3.8, 4) is 0 Å². The van der Waals surface area contributed by atoms with E-state index in [9.17, 15) is 9.18 Å². The summed E-state index contributed by atoms with van der Waals surface area (Å²) in [6.45, 7) is 0.912. The molecule has 1 aliphatic rings. The van der Waals surface area contributed by atoms with Crippen LogP contribution in [-0.4, -0.2) is 18.6 Å². The highest BCUT2D eigenvalue weighted by molar-refractivity contribution is 5.90. The van der Waals surface area contributed by atoms with Gasteiger partial charge >= 0.3 is 0 Å². The molecule has 1 fully saturated rings. The van der Waals surface area contributed by atoms with Crippen molar-refractivity contribution in [2.45, 2.75) is 44.8 Å². The SMILES string of the molecule is NCc1cc(NC(=O)CCC2CCCCO2)ccc1F. The summed E-state index contributed by atoms with van der Waals surface area (Å²) in [6.07, 6.45) is 4.66. The summed E-state index contributed by atoms with van der Waals surface area (Å²) >= 11 is 0. The maximum atomic E-state index is 13.3. The summed E-state index contributed by atoms with van der Waals surface area (Å²) in [6, 6.07) is 4.44. The Morgan fingerprint density at radius 3 is 3.00 bits per heavy atom. The van der Waals surface area contributed by atoms with Crippen LogP contribution >= 0.6 is 0 Å². The minimum atomic E-state index is -0.346. The topological polar surface area (TPSA) is 64.3 Å². The number of nitrogens with two attached hydrogens (primary N) is 1. The number of nitrogens with one attached hydrogen (secondary N) is 1. The number of hydrogen-bond acceptors (Lipinski definition) is 3. The van der Waals surface area contributed by atoms with Crippen LogP contribution in [-0.2, 0) is 16.1 Å². The zero-order valence-electron chi connectivity index (χ0n) is 11.5. The van der Waals surface area contributed by atoms with Crippen LogP contribution in [0.25, 0.3) is 0 Å². The van der Waals surface area contributed by atoms with Gasteiger partial charge in [-0.1, -0.05) is 0 Å². The van der Waals surface area contributed by atoms with Gasteiger partial charge < -0.3 is 15.8 Å². The van der Waals surface area contributed by atoms with E-state index in [-0.39, 0.29) is 24.4 Å². The molecule has 0 radical (unpaired) electrons. The van der Waals surface area contributed by atoms with E-state index in [4.69, 9.17) is 10.5 Å². The van der Waals surface area contributed by atoms with Crippen LogP contribution < -0.4 is 11.1 Å². The third-order valence-electron chi connectivity index (χ3n) is 3.52. The standard InChI is InChI=1S/C15H21FN2O2/c16-14-6-4-12(9-11(14)10-17)18-15(19)7-5-13-3-1-2-8-20-13/h4,6,9,13H,1-3,5,7-8,10,17H2,(H,18,19). The first kappa shape index (κ1) is 14.9. The number of carbonyl (C=O) groups excluding carboxylic acids is 1. The molecule has 1 saturated heterocycles. The minimum absolute atomic E-state index is 0.0752. The van der Waals surface area contributed by atoms with Crippen LogP contribution in [0.2, 0.25) is 0 Å². The molecule has 0 bridgehead atoms. The van der Waals surface area contributed by atoms with E-state index in [1.165, 1.54) is 12.5 Å². The number of ether oxygens (including phenoxy) is 1. The maximum absolute atomic E-state index is 13.3. The van der Waals surface area contributed by atoms with Gasteiger partial charge in [-0.3, -0.25) is 4.79 Å². The molecule has 4 nitrogen and oxygen atoms in total. The molecular formula is C15H21FN2O2. The molecule has 1 amide bonds. The van der Waals surface area contributed by atoms with Crippen LogP contribution in [0, 0.1) is 5.82 Å². The molecule has 1 aromatic rings. The first-order valence-corrected chi connectivity index (χ1v) is 7.09. The second-order valence-corrected chi connectivity index (χ2v) is 5.09. The van der Waals surface area contributed by atoms with Crippen molar-refractivity contribution in [1.82, 2.24) is 0 Å². The normalized spacial score (nSPS) is 18.8. The molecule has 1 aromatic carbocycles. The lowest BCUT2D eigenvalue weighted by Gasteiger charge is -2.22. The molecular weight excluding hydrogens is 259 g/mol. The number of carbonyl (C=O) groups is 1. The highest BCUT2D eigenvalue weighted by atomic mass is 19.1. The number of anilines is 1. The molecule has 5 heteroatoms. The molecule has 1 atom stereocenters. The second kappa shape index (κ2) is 7.36. The molecule has 0 aliphatic carbocycles. The first-order chi connectivity index (χ1) is 9.69. The van der Waals surface area contributed by atoms with E-state index >= 15 is 0 Å². The zero-order chi connectivity index (χ0) is 14.4. The van der Waals surface area contributed by atoms with E-state index in [0.717, 1.165) is 25.9 Å². The lowest BCUT2D eigenvalue weighted by atomic mass is 10.0. The number of hydrogen-bond donors (Lipinski definition) is 2. The Hall–Kier alpha value is -1.46. The first-order valence-electron chi connectivity index (χ1n) is 7.09. The monoisotopic (exact) mass is 280 g/mol. The van der Waals surface area contributed by atoms with Gasteiger partial charge in [0, 0.05) is 30.8 Å². The predicted octanol–water partition coefficient (Wildman–Crippen LogP) is 2.57. The van der Waals surface area contributed by atoms with Gasteiger partial charge in [-0.05, 0) is 43.9 Å². The maximum Gasteiger partial charge on any atom is 0.224 e. The Balaban J connectivity index is 1.81. The Kier molecular flexibility index (Phi) is 5.49. The van der Waals surface area contributed by atoms with Gasteiger partial charge in [-0.25, -0.2) is 4.39 Å². The lowest BCUT2D eigenvalue weighted by molar-refractivity contribution is -0.117. The molecule has 0 aromatic heterocycles. The third kappa shape index (κ3) is 4.28. The smallest absolute Gasteiger partial charge is 0.224 e. The summed E-state index contributed by atoms with van der Waals surface area (Å²) in [5.41, 5.74) is 6.42. The lowest BCUT2D eigenvalue weighted by Crippen LogP contribution is -2.21. The Morgan fingerprint density at radius 1 is 1.45 bits per heavy atom. The number of halogens is 1. The van der Waals surface area contributed by atoms with Crippen molar-refractivity contribution in [3.63, 3.8) is 0 Å². The van der Waals surface area contributed by atoms with Crippen molar-refractivity contribution in [1.29, 1.82) is 0 Å². The van der Waals surface area contributed by atoms with Crippen molar-refractivity contribution in [2.24, 2.45) is 5.73 Å². The number of benzene rings is 1. The van der Waals surface area contributed by atoms with E-state index in [1.807, 2.05) is 0 Å². The van der Waals surface area contributed by atoms with Gasteiger partial charge in [0.05, 0.1) is 6.10 Å². The van der Waals surface area contributed by atoms with E-state index in [2.05, 4.69) is 5.32 Å². The number of amides is 1. The second-order valence-electron chi connectivity index (χ2n) is 5.09. The molecule has 1 unspecified atom stereocenters. The Bertz CT molecular complexity index is 459. The molecule has 1 aliphatic heterocycles. The van der Waals surface area contributed by atoms with Gasteiger partial charge in [0.1, 0.15) is 5.82 Å². The fraction of sp³-hybridized carbons (Fsp3) is 0.533. The Morgan fingerprint density at radius 2 is 2.30 bits per heavy atom. The van der Waals surface area contributed by atoms with Crippen LogP contribution in [0.3, 0.4) is 0 Å². The average molecular weight is 280 g/mol. The van der Waals surface area contributed by atoms with Crippen molar-refractivity contribution in [3.05, 3.63) is 29.6 Å². The summed E-state index contributed by atoms with van der Waals surface area (Å²) in [5.74, 6) is -0.421. The van der Waals surface area contributed by atoms with Crippen LogP contribution in [0.5, 0.6) is 0 Å². The van der Waals surface area contributed by atoms with Gasteiger partial charge in [0.25, 0.3) is 0 Å². The summed E-state index contributed by atoms with van der Waals surface area (Å²) in [4.78, 5) is 11.8. The molecule has 1 heterocycles. The zero-order valence-corrected chi connectivity index (χ0v) is 11.5. The van der Waals surface area contributed by atoms with Crippen molar-refractivity contribution < 1.29 is 13.9 Å². The van der Waals surface area contributed by atoms with Crippen LogP contribution in [0.15, 0.2) is 18.2 Å². The molecule has 3 N–H and O–H groups in total. The Labute approximate surface area is 118 Å². The molecule has 110 valence electrons. The minimum Gasteiger partial charge on any atom is -0.378 e. The van der Waals surface area contributed by atoms with Gasteiger partial charge in [-0.2, -0.15) is 0 Å². The van der Waals surface area contributed by atoms with E-state index in [0.29, 0.717) is 17.7 Å². The highest BCUT2D eigenvalue weighted by Crippen LogP contribution is 2.18. The van der Waals surface area contributed by atoms with Gasteiger partial charge in [-0.15, -0.1) is 0 Å². The summed E-state index contributed by atoms with van der Waals surface area (Å²) in [7, 11) is 0. The third-order valence-corrected chi connectivity index (χ3v) is 3.52. The average Bonchev–Trinajstić information content (AvgIpc) is 2.48. The van der Waals surface area contributed by atoms with Crippen LogP contribution in [0.1, 0.15) is 37.7 Å². The summed E-state index contributed by atoms with van der Waals surface area (Å²) < 4.78 is 18.9. The number of rotatable bonds is 5. The molecule has 0 saturated carbocycles. The molecule has 2 rings (SSSR count). The quantitative estimate of drug-likeness (QED) is 0.871. The van der Waals surface area contributed by atoms with E-state index < -0.39 is 0 Å². The van der Waals surface area contributed by atoms with E-state index in [1.54, 1.807) is 12.1 Å². The highest BCUT2D eigenvalue weighted by Gasteiger charge is 2.15. The fourth-order valence-electron chi connectivity index (χ4n) is 2.36. The van der Waals surface area contributed by atoms with Crippen molar-refractivity contribution in [2.75, 3.05) is 11.9 Å². The predicted molar refractivity (Wildman–Crippen MR) is 75.7 cm³/mol. The fourth-order valence-corrected chi connectivity index (χ4v) is 2.36. The van der Waals surface area contributed by atoms with Gasteiger partial charge in [0.2, 0.25) is 5.91 Å². The largest absolute Gasteiger partial charge is 0.378 e. The molecule has 20 heavy (non-hydrogen) atoms. The molecule has 0 spiro atoms. The van der Waals surface area contributed by atoms with Crippen LogP contribution in [0.4, 0.5) is 10.1 Å². The van der Waals surface area contributed by atoms with Crippen molar-refractivity contribution >= 4 is 11.6 Å². The summed E-state index contributed by atoms with van der Waals surface area (Å²) in [5, 5.41) is 2.77. The van der Waals surface area contributed by atoms with Gasteiger partial charge in [0.15, 0.2) is 0 Å².